The van der Waals surface area contributed by atoms with Crippen molar-refractivity contribution in [2.24, 2.45) is 0 Å². The largest absolute Gasteiger partial charge is 0.496 e. The Balaban J connectivity index is 0.000000534. The number of hydrogen-bond acceptors (Lipinski definition) is 6. The van der Waals surface area contributed by atoms with E-state index >= 15 is 0 Å². The molecule has 1 fully saturated rings. The van der Waals surface area contributed by atoms with Crippen LogP contribution in [0.15, 0.2) is 53.4 Å². The summed E-state index contributed by atoms with van der Waals surface area (Å²) in [4.78, 5) is 32.5. The first kappa shape index (κ1) is 24.8. The number of halogens is 1. The van der Waals surface area contributed by atoms with Gasteiger partial charge in [0.15, 0.2) is 0 Å². The Labute approximate surface area is 183 Å². The minimum absolute atomic E-state index is 0.0448. The van der Waals surface area contributed by atoms with E-state index in [2.05, 4.69) is 0 Å². The monoisotopic (exact) mass is 468 g/mol. The molecule has 1 aliphatic rings. The minimum Gasteiger partial charge on any atom is -0.496 e. The van der Waals surface area contributed by atoms with E-state index in [9.17, 15) is 17.6 Å². The van der Waals surface area contributed by atoms with Crippen molar-refractivity contribution in [1.29, 1.82) is 0 Å². The zero-order valence-corrected chi connectivity index (χ0v) is 17.8. The molecule has 0 unspecified atom stereocenters. The Hall–Kier alpha value is -3.51. The lowest BCUT2D eigenvalue weighted by Crippen LogP contribution is -2.50. The van der Waals surface area contributed by atoms with Crippen LogP contribution in [0.25, 0.3) is 0 Å². The fourth-order valence-corrected chi connectivity index (χ4v) is 4.30. The Morgan fingerprint density at radius 3 is 1.94 bits per heavy atom. The van der Waals surface area contributed by atoms with Gasteiger partial charge in [0.1, 0.15) is 11.6 Å². The van der Waals surface area contributed by atoms with Crippen molar-refractivity contribution in [3.63, 3.8) is 0 Å². The summed E-state index contributed by atoms with van der Waals surface area (Å²) in [5.41, 5.74) is 0.449. The molecule has 0 atom stereocenters. The lowest BCUT2D eigenvalue weighted by molar-refractivity contribution is -0.159. The van der Waals surface area contributed by atoms with Gasteiger partial charge in [-0.1, -0.05) is 12.1 Å². The van der Waals surface area contributed by atoms with Crippen molar-refractivity contribution >= 4 is 27.9 Å². The molecular formula is C20H21FN2O8S. The molecule has 0 aliphatic carbocycles. The number of rotatable bonds is 4. The molecule has 32 heavy (non-hydrogen) atoms. The average molecular weight is 468 g/mol. The van der Waals surface area contributed by atoms with Gasteiger partial charge >= 0.3 is 11.9 Å². The summed E-state index contributed by atoms with van der Waals surface area (Å²) in [6, 6.07) is 11.7. The fourth-order valence-electron chi connectivity index (χ4n) is 2.88. The van der Waals surface area contributed by atoms with Crippen LogP contribution in [0.2, 0.25) is 0 Å². The highest BCUT2D eigenvalue weighted by Gasteiger charge is 2.31. The van der Waals surface area contributed by atoms with Gasteiger partial charge in [0, 0.05) is 26.2 Å². The summed E-state index contributed by atoms with van der Waals surface area (Å²) in [5, 5.41) is 14.8. The highest BCUT2D eigenvalue weighted by atomic mass is 32.2. The molecule has 0 bridgehead atoms. The van der Waals surface area contributed by atoms with E-state index in [1.54, 1.807) is 29.2 Å². The third-order valence-corrected chi connectivity index (χ3v) is 6.41. The summed E-state index contributed by atoms with van der Waals surface area (Å²) in [5.74, 6) is -3.85. The molecular weight excluding hydrogens is 447 g/mol. The molecule has 10 nitrogen and oxygen atoms in total. The number of carboxylic acids is 2. The van der Waals surface area contributed by atoms with Crippen molar-refractivity contribution in [3.05, 3.63) is 59.9 Å². The second-order valence-electron chi connectivity index (χ2n) is 6.46. The van der Waals surface area contributed by atoms with E-state index in [0.717, 1.165) is 12.1 Å². The number of para-hydroxylation sites is 1. The lowest BCUT2D eigenvalue weighted by Gasteiger charge is -2.34. The third-order valence-electron chi connectivity index (χ3n) is 4.50. The number of piperazine rings is 1. The predicted molar refractivity (Wildman–Crippen MR) is 109 cm³/mol. The molecule has 0 spiro atoms. The van der Waals surface area contributed by atoms with Gasteiger partial charge in [-0.25, -0.2) is 22.4 Å². The topological polar surface area (TPSA) is 142 Å². The van der Waals surface area contributed by atoms with Gasteiger partial charge in [0.05, 0.1) is 17.6 Å². The standard InChI is InChI=1S/C18H19FN2O4S.C2H2O4/c1-25-17-5-3-2-4-16(17)18(22)20-10-12-21(13-11-20)26(23,24)15-8-6-14(19)7-9-15;3-1(4)2(5)6/h2-9H,10-13H2,1H3;(H,3,4)(H,5,6). The smallest absolute Gasteiger partial charge is 0.414 e. The number of amides is 1. The molecule has 1 aliphatic heterocycles. The molecule has 0 saturated carbocycles. The number of aliphatic carboxylic acids is 2. The number of ether oxygens (including phenoxy) is 1. The fraction of sp³-hybridized carbons (Fsp3) is 0.250. The zero-order chi connectivity index (χ0) is 23.9. The number of sulfonamides is 1. The highest BCUT2D eigenvalue weighted by Crippen LogP contribution is 2.22. The Morgan fingerprint density at radius 2 is 1.44 bits per heavy atom. The molecule has 1 saturated heterocycles. The summed E-state index contributed by atoms with van der Waals surface area (Å²) >= 11 is 0. The van der Waals surface area contributed by atoms with E-state index in [1.165, 1.54) is 23.5 Å². The van der Waals surface area contributed by atoms with Gasteiger partial charge in [0.25, 0.3) is 5.91 Å². The highest BCUT2D eigenvalue weighted by molar-refractivity contribution is 7.89. The molecule has 0 radical (unpaired) electrons. The van der Waals surface area contributed by atoms with Crippen LogP contribution in [0.4, 0.5) is 4.39 Å². The maximum Gasteiger partial charge on any atom is 0.414 e. The average Bonchev–Trinajstić information content (AvgIpc) is 2.79. The van der Waals surface area contributed by atoms with Crippen LogP contribution in [0.5, 0.6) is 5.75 Å². The van der Waals surface area contributed by atoms with E-state index in [0.29, 0.717) is 11.3 Å². The Morgan fingerprint density at radius 1 is 0.906 bits per heavy atom. The van der Waals surface area contributed by atoms with Gasteiger partial charge in [-0.15, -0.1) is 0 Å². The zero-order valence-electron chi connectivity index (χ0n) is 17.0. The van der Waals surface area contributed by atoms with Crippen molar-refractivity contribution in [2.75, 3.05) is 33.3 Å². The van der Waals surface area contributed by atoms with Crippen LogP contribution in [-0.2, 0) is 19.6 Å². The second kappa shape index (κ2) is 10.7. The summed E-state index contributed by atoms with van der Waals surface area (Å²) < 4.78 is 44.8. The summed E-state index contributed by atoms with van der Waals surface area (Å²) in [6.07, 6.45) is 0. The SMILES string of the molecule is COc1ccccc1C(=O)N1CCN(S(=O)(=O)c2ccc(F)cc2)CC1.O=C(O)C(=O)O. The number of benzene rings is 2. The van der Waals surface area contributed by atoms with Gasteiger partial charge in [-0.2, -0.15) is 4.31 Å². The van der Waals surface area contributed by atoms with E-state index in [-0.39, 0.29) is 37.0 Å². The van der Waals surface area contributed by atoms with Crippen molar-refractivity contribution in [1.82, 2.24) is 9.21 Å². The molecule has 1 amide bonds. The Kier molecular flexibility index (Phi) is 8.27. The maximum absolute atomic E-state index is 13.0. The molecule has 2 N–H and O–H groups in total. The van der Waals surface area contributed by atoms with Gasteiger partial charge in [-0.05, 0) is 36.4 Å². The molecule has 0 aromatic heterocycles. The molecule has 172 valence electrons. The van der Waals surface area contributed by atoms with Crippen LogP contribution in [0, 0.1) is 5.82 Å². The summed E-state index contributed by atoms with van der Waals surface area (Å²) in [6.45, 7) is 0.913. The van der Waals surface area contributed by atoms with Crippen LogP contribution < -0.4 is 4.74 Å². The van der Waals surface area contributed by atoms with Crippen molar-refractivity contribution in [3.8, 4) is 5.75 Å². The molecule has 2 aromatic carbocycles. The lowest BCUT2D eigenvalue weighted by atomic mass is 10.1. The number of hydrogen-bond donors (Lipinski definition) is 2. The van der Waals surface area contributed by atoms with Gasteiger partial charge < -0.3 is 19.8 Å². The molecule has 1 heterocycles. The van der Waals surface area contributed by atoms with Crippen LogP contribution in [0.3, 0.4) is 0 Å². The Bertz CT molecular complexity index is 1070. The number of carboxylic acid groups (broad SMARTS) is 2. The van der Waals surface area contributed by atoms with E-state index < -0.39 is 27.8 Å². The second-order valence-corrected chi connectivity index (χ2v) is 8.40. The first-order chi connectivity index (χ1) is 15.1. The normalized spacial score (nSPS) is 14.1. The third kappa shape index (κ3) is 6.02. The first-order valence-electron chi connectivity index (χ1n) is 9.22. The number of carbonyl (C=O) groups excluding carboxylic acids is 1. The first-order valence-corrected chi connectivity index (χ1v) is 10.7. The molecule has 3 rings (SSSR count). The number of carbonyl (C=O) groups is 3. The van der Waals surface area contributed by atoms with Crippen molar-refractivity contribution in [2.45, 2.75) is 4.90 Å². The van der Waals surface area contributed by atoms with Crippen LogP contribution >= 0.6 is 0 Å². The van der Waals surface area contributed by atoms with E-state index in [4.69, 9.17) is 24.5 Å². The van der Waals surface area contributed by atoms with E-state index in [1.807, 2.05) is 0 Å². The van der Waals surface area contributed by atoms with Crippen LogP contribution in [0.1, 0.15) is 10.4 Å². The van der Waals surface area contributed by atoms with Gasteiger partial charge in [-0.3, -0.25) is 4.79 Å². The van der Waals surface area contributed by atoms with Crippen molar-refractivity contribution < 1.29 is 42.1 Å². The maximum atomic E-state index is 13.0. The molecule has 2 aromatic rings. The number of methoxy groups -OCH3 is 1. The van der Waals surface area contributed by atoms with Gasteiger partial charge in [0.2, 0.25) is 10.0 Å². The predicted octanol–water partition coefficient (Wildman–Crippen LogP) is 1.14. The quantitative estimate of drug-likeness (QED) is 0.637. The minimum atomic E-state index is -3.70. The molecule has 12 heteroatoms. The number of nitrogens with zero attached hydrogens (tertiary/aromatic N) is 2. The summed E-state index contributed by atoms with van der Waals surface area (Å²) in [7, 11) is -2.20. The van der Waals surface area contributed by atoms with Crippen LogP contribution in [-0.4, -0.2) is 79.0 Å².